The molecule has 0 saturated carbocycles. The number of rotatable bonds is 5. The third kappa shape index (κ3) is 4.73. The lowest BCUT2D eigenvalue weighted by Gasteiger charge is -2.31. The van der Waals surface area contributed by atoms with Gasteiger partial charge in [0.1, 0.15) is 4.88 Å². The van der Waals surface area contributed by atoms with Crippen molar-refractivity contribution in [2.75, 3.05) is 31.6 Å². The number of aromatic nitrogens is 1. The van der Waals surface area contributed by atoms with Gasteiger partial charge in [-0.05, 0) is 27.7 Å². The van der Waals surface area contributed by atoms with Crippen LogP contribution in [0.25, 0.3) is 0 Å². The summed E-state index contributed by atoms with van der Waals surface area (Å²) in [4.78, 5) is 31.0. The van der Waals surface area contributed by atoms with Gasteiger partial charge < -0.3 is 14.8 Å². The van der Waals surface area contributed by atoms with E-state index in [0.29, 0.717) is 28.9 Å². The number of aryl methyl sites for hydroxylation is 1. The second-order valence-corrected chi connectivity index (χ2v) is 6.70. The Bertz CT molecular complexity index is 567. The molecule has 23 heavy (non-hydrogen) atoms. The highest BCUT2D eigenvalue weighted by Crippen LogP contribution is 2.24. The standard InChI is InChI=1S/C15H23N3O4S/c1-9(2)22-14(20)12-10(3)16-15(23-12)17-13(19)11(4)18-5-7-21-8-6-18/h9,11H,5-8H2,1-4H3,(H,16,17,19). The number of esters is 1. The minimum Gasteiger partial charge on any atom is -0.459 e. The molecule has 1 aliphatic heterocycles. The van der Waals surface area contributed by atoms with Crippen LogP contribution in [0, 0.1) is 6.92 Å². The molecule has 0 spiro atoms. The molecule has 1 unspecified atom stereocenters. The zero-order valence-electron chi connectivity index (χ0n) is 13.9. The molecule has 0 bridgehead atoms. The topological polar surface area (TPSA) is 80.8 Å². The maximum atomic E-state index is 12.3. The number of anilines is 1. The Kier molecular flexibility index (Phi) is 6.09. The summed E-state index contributed by atoms with van der Waals surface area (Å²) in [5.74, 6) is -0.541. The molecular weight excluding hydrogens is 318 g/mol. The summed E-state index contributed by atoms with van der Waals surface area (Å²) in [7, 11) is 0. The number of hydrogen-bond donors (Lipinski definition) is 1. The van der Waals surface area contributed by atoms with E-state index < -0.39 is 5.97 Å². The van der Waals surface area contributed by atoms with Gasteiger partial charge in [-0.15, -0.1) is 0 Å². The molecule has 1 fully saturated rings. The van der Waals surface area contributed by atoms with Crippen LogP contribution in [0.2, 0.25) is 0 Å². The fourth-order valence-electron chi connectivity index (χ4n) is 2.25. The van der Waals surface area contributed by atoms with Gasteiger partial charge in [-0.2, -0.15) is 0 Å². The summed E-state index contributed by atoms with van der Waals surface area (Å²) in [6.07, 6.45) is -0.191. The van der Waals surface area contributed by atoms with Gasteiger partial charge in [0.25, 0.3) is 0 Å². The van der Waals surface area contributed by atoms with Crippen molar-refractivity contribution in [3.8, 4) is 0 Å². The van der Waals surface area contributed by atoms with Crippen LogP contribution in [0.1, 0.15) is 36.1 Å². The van der Waals surface area contributed by atoms with Crippen LogP contribution in [-0.4, -0.2) is 60.2 Å². The van der Waals surface area contributed by atoms with E-state index in [9.17, 15) is 9.59 Å². The molecular formula is C15H23N3O4S. The highest BCUT2D eigenvalue weighted by Gasteiger charge is 2.25. The van der Waals surface area contributed by atoms with E-state index in [2.05, 4.69) is 15.2 Å². The number of carbonyl (C=O) groups is 2. The summed E-state index contributed by atoms with van der Waals surface area (Å²) < 4.78 is 10.5. The normalized spacial score (nSPS) is 17.1. The van der Waals surface area contributed by atoms with Crippen LogP contribution >= 0.6 is 11.3 Å². The van der Waals surface area contributed by atoms with E-state index in [1.165, 1.54) is 0 Å². The summed E-state index contributed by atoms with van der Waals surface area (Å²) in [5, 5.41) is 3.21. The predicted molar refractivity (Wildman–Crippen MR) is 87.9 cm³/mol. The molecule has 0 aliphatic carbocycles. The maximum Gasteiger partial charge on any atom is 0.350 e. The molecule has 1 aromatic heterocycles. The lowest BCUT2D eigenvalue weighted by Crippen LogP contribution is -2.47. The fraction of sp³-hybridized carbons (Fsp3) is 0.667. The summed E-state index contributed by atoms with van der Waals surface area (Å²) in [6.45, 7) is 9.92. The van der Waals surface area contributed by atoms with Crippen molar-refractivity contribution in [2.45, 2.75) is 39.8 Å². The van der Waals surface area contributed by atoms with Gasteiger partial charge >= 0.3 is 5.97 Å². The molecule has 2 heterocycles. The van der Waals surface area contributed by atoms with Gasteiger partial charge in [-0.3, -0.25) is 9.69 Å². The van der Waals surface area contributed by atoms with Gasteiger partial charge in [0.15, 0.2) is 5.13 Å². The molecule has 0 radical (unpaired) electrons. The van der Waals surface area contributed by atoms with Crippen molar-refractivity contribution < 1.29 is 19.1 Å². The first-order valence-corrected chi connectivity index (χ1v) is 8.51. The van der Waals surface area contributed by atoms with Crippen LogP contribution in [-0.2, 0) is 14.3 Å². The van der Waals surface area contributed by atoms with Crippen molar-refractivity contribution >= 4 is 28.3 Å². The molecule has 1 aliphatic rings. The highest BCUT2D eigenvalue weighted by atomic mass is 32.1. The lowest BCUT2D eigenvalue weighted by molar-refractivity contribution is -0.122. The lowest BCUT2D eigenvalue weighted by atomic mass is 10.2. The molecule has 1 N–H and O–H groups in total. The maximum absolute atomic E-state index is 12.3. The number of thiazole rings is 1. The van der Waals surface area contributed by atoms with Crippen LogP contribution < -0.4 is 5.32 Å². The Morgan fingerprint density at radius 1 is 1.30 bits per heavy atom. The van der Waals surface area contributed by atoms with Crippen molar-refractivity contribution in [3.05, 3.63) is 10.6 Å². The van der Waals surface area contributed by atoms with Gasteiger partial charge in [0.2, 0.25) is 5.91 Å². The van der Waals surface area contributed by atoms with Crippen LogP contribution in [0.3, 0.4) is 0 Å². The predicted octanol–water partition coefficient (Wildman–Crippen LogP) is 1.68. The molecule has 128 valence electrons. The second kappa shape index (κ2) is 7.85. The third-order valence-corrected chi connectivity index (χ3v) is 4.58. The van der Waals surface area contributed by atoms with Gasteiger partial charge in [-0.25, -0.2) is 9.78 Å². The molecule has 1 saturated heterocycles. The first kappa shape index (κ1) is 17.8. The third-order valence-electron chi connectivity index (χ3n) is 3.53. The average Bonchev–Trinajstić information content (AvgIpc) is 2.87. The molecule has 7 nitrogen and oxygen atoms in total. The van der Waals surface area contributed by atoms with Crippen molar-refractivity contribution in [3.63, 3.8) is 0 Å². The highest BCUT2D eigenvalue weighted by molar-refractivity contribution is 7.17. The zero-order chi connectivity index (χ0) is 17.0. The smallest absolute Gasteiger partial charge is 0.350 e. The number of nitrogens with zero attached hydrogens (tertiary/aromatic N) is 2. The van der Waals surface area contributed by atoms with E-state index in [1.807, 2.05) is 6.92 Å². The number of hydrogen-bond acceptors (Lipinski definition) is 7. The molecule has 1 amide bonds. The number of carbonyl (C=O) groups excluding carboxylic acids is 2. The Labute approximate surface area is 140 Å². The van der Waals surface area contributed by atoms with E-state index >= 15 is 0 Å². The molecule has 1 atom stereocenters. The number of nitrogens with one attached hydrogen (secondary N) is 1. The van der Waals surface area contributed by atoms with Gasteiger partial charge in [0.05, 0.1) is 31.1 Å². The first-order chi connectivity index (χ1) is 10.9. The minimum absolute atomic E-state index is 0.135. The SMILES string of the molecule is Cc1nc(NC(=O)C(C)N2CCOCC2)sc1C(=O)OC(C)C. The summed E-state index contributed by atoms with van der Waals surface area (Å²) in [6, 6.07) is -0.269. The van der Waals surface area contributed by atoms with Crippen LogP contribution in [0.4, 0.5) is 5.13 Å². The fourth-order valence-corrected chi connectivity index (χ4v) is 3.10. The Hall–Kier alpha value is -1.51. The van der Waals surface area contributed by atoms with Crippen LogP contribution in [0.15, 0.2) is 0 Å². The number of amides is 1. The van der Waals surface area contributed by atoms with E-state index in [1.54, 1.807) is 20.8 Å². The summed E-state index contributed by atoms with van der Waals surface area (Å²) >= 11 is 1.14. The molecule has 8 heteroatoms. The molecule has 1 aromatic rings. The van der Waals surface area contributed by atoms with Gasteiger partial charge in [-0.1, -0.05) is 11.3 Å². The quantitative estimate of drug-likeness (QED) is 0.821. The van der Waals surface area contributed by atoms with Crippen molar-refractivity contribution in [1.29, 1.82) is 0 Å². The number of morpholine rings is 1. The summed E-state index contributed by atoms with van der Waals surface area (Å²) in [5.41, 5.74) is 0.565. The van der Waals surface area contributed by atoms with Crippen molar-refractivity contribution in [2.24, 2.45) is 0 Å². The van der Waals surface area contributed by atoms with Gasteiger partial charge in [0, 0.05) is 13.1 Å². The Morgan fingerprint density at radius 2 is 1.96 bits per heavy atom. The molecule has 2 rings (SSSR count). The first-order valence-electron chi connectivity index (χ1n) is 7.69. The van der Waals surface area contributed by atoms with E-state index in [0.717, 1.165) is 24.4 Å². The second-order valence-electron chi connectivity index (χ2n) is 5.70. The zero-order valence-corrected chi connectivity index (χ0v) is 14.7. The number of ether oxygens (including phenoxy) is 2. The Balaban J connectivity index is 1.99. The Morgan fingerprint density at radius 3 is 2.57 bits per heavy atom. The largest absolute Gasteiger partial charge is 0.459 e. The molecule has 0 aromatic carbocycles. The monoisotopic (exact) mass is 341 g/mol. The van der Waals surface area contributed by atoms with Crippen LogP contribution in [0.5, 0.6) is 0 Å². The average molecular weight is 341 g/mol. The minimum atomic E-state index is -0.406. The van der Waals surface area contributed by atoms with Crippen molar-refractivity contribution in [1.82, 2.24) is 9.88 Å². The van der Waals surface area contributed by atoms with E-state index in [-0.39, 0.29) is 18.1 Å². The van der Waals surface area contributed by atoms with E-state index in [4.69, 9.17) is 9.47 Å².